The number of amides is 1. The molecule has 2 nitrogen and oxygen atoms in total. The Morgan fingerprint density at radius 2 is 2.10 bits per heavy atom. The van der Waals surface area contributed by atoms with E-state index in [0.717, 1.165) is 40.2 Å². The van der Waals surface area contributed by atoms with Crippen LogP contribution in [0.4, 0.5) is 0 Å². The lowest BCUT2D eigenvalue weighted by atomic mass is 10.0. The van der Waals surface area contributed by atoms with Crippen molar-refractivity contribution in [2.45, 2.75) is 32.2 Å². The monoisotopic (exact) mass is 331 g/mol. The second-order valence-corrected chi connectivity index (χ2v) is 6.37. The number of fused-ring (bicyclic) bond motifs is 1. The maximum atomic E-state index is 12.7. The van der Waals surface area contributed by atoms with Gasteiger partial charge in [-0.05, 0) is 55.2 Å². The molecule has 3 rings (SSSR count). The highest BCUT2D eigenvalue weighted by Crippen LogP contribution is 2.26. The molecule has 0 radical (unpaired) electrons. The first-order valence-electron chi connectivity index (χ1n) is 7.16. The van der Waals surface area contributed by atoms with Crippen LogP contribution in [-0.4, -0.2) is 23.4 Å². The third kappa shape index (κ3) is 2.47. The molecule has 1 unspecified atom stereocenters. The molecular formula is C17H18BrNO. The number of nitrogens with zero attached hydrogens (tertiary/aromatic N) is 1. The van der Waals surface area contributed by atoms with E-state index in [9.17, 15) is 4.79 Å². The summed E-state index contributed by atoms with van der Waals surface area (Å²) in [5, 5.41) is 2.26. The molecule has 20 heavy (non-hydrogen) atoms. The number of hydrogen-bond donors (Lipinski definition) is 0. The molecule has 1 aliphatic rings. The number of halogens is 1. The van der Waals surface area contributed by atoms with Crippen LogP contribution in [0.15, 0.2) is 40.9 Å². The van der Waals surface area contributed by atoms with Crippen molar-refractivity contribution in [1.29, 1.82) is 0 Å². The van der Waals surface area contributed by atoms with E-state index in [2.05, 4.69) is 28.9 Å². The lowest BCUT2D eigenvalue weighted by molar-refractivity contribution is 0.0636. The van der Waals surface area contributed by atoms with E-state index >= 15 is 0 Å². The molecule has 1 saturated heterocycles. The zero-order valence-electron chi connectivity index (χ0n) is 11.6. The van der Waals surface area contributed by atoms with Crippen molar-refractivity contribution in [3.63, 3.8) is 0 Å². The van der Waals surface area contributed by atoms with E-state index in [-0.39, 0.29) is 5.91 Å². The molecule has 104 valence electrons. The molecule has 1 aliphatic heterocycles. The topological polar surface area (TPSA) is 20.3 Å². The SMILES string of the molecule is CC1CCCCN1C(=O)c1ccc2c(Br)cccc2c1. The van der Waals surface area contributed by atoms with Crippen molar-refractivity contribution in [3.8, 4) is 0 Å². The summed E-state index contributed by atoms with van der Waals surface area (Å²) in [6.45, 7) is 3.03. The minimum Gasteiger partial charge on any atom is -0.336 e. The number of likely N-dealkylation sites (tertiary alicyclic amines) is 1. The molecule has 2 aromatic rings. The van der Waals surface area contributed by atoms with E-state index in [1.165, 1.54) is 6.42 Å². The predicted molar refractivity (Wildman–Crippen MR) is 86.0 cm³/mol. The molecule has 1 fully saturated rings. The summed E-state index contributed by atoms with van der Waals surface area (Å²) in [6, 6.07) is 12.4. The number of hydrogen-bond acceptors (Lipinski definition) is 1. The zero-order valence-corrected chi connectivity index (χ0v) is 13.2. The van der Waals surface area contributed by atoms with E-state index in [0.29, 0.717) is 6.04 Å². The van der Waals surface area contributed by atoms with Gasteiger partial charge in [0.1, 0.15) is 0 Å². The number of benzene rings is 2. The molecule has 2 aromatic carbocycles. The van der Waals surface area contributed by atoms with Gasteiger partial charge in [0, 0.05) is 22.6 Å². The molecular weight excluding hydrogens is 314 g/mol. The highest BCUT2D eigenvalue weighted by Gasteiger charge is 2.24. The van der Waals surface area contributed by atoms with Crippen molar-refractivity contribution >= 4 is 32.6 Å². The summed E-state index contributed by atoms with van der Waals surface area (Å²) >= 11 is 3.55. The number of piperidine rings is 1. The smallest absolute Gasteiger partial charge is 0.254 e. The van der Waals surface area contributed by atoms with Gasteiger partial charge in [-0.2, -0.15) is 0 Å². The Bertz CT molecular complexity index is 652. The largest absolute Gasteiger partial charge is 0.336 e. The van der Waals surface area contributed by atoms with E-state index < -0.39 is 0 Å². The average molecular weight is 332 g/mol. The summed E-state index contributed by atoms with van der Waals surface area (Å²) in [5.74, 6) is 0.166. The molecule has 0 saturated carbocycles. The van der Waals surface area contributed by atoms with Crippen molar-refractivity contribution in [1.82, 2.24) is 4.90 Å². The Morgan fingerprint density at radius 3 is 2.90 bits per heavy atom. The van der Waals surface area contributed by atoms with Gasteiger partial charge in [0.25, 0.3) is 5.91 Å². The lowest BCUT2D eigenvalue weighted by Gasteiger charge is -2.33. The maximum Gasteiger partial charge on any atom is 0.254 e. The van der Waals surface area contributed by atoms with Crippen molar-refractivity contribution in [2.75, 3.05) is 6.54 Å². The van der Waals surface area contributed by atoms with Crippen LogP contribution in [-0.2, 0) is 0 Å². The quantitative estimate of drug-likeness (QED) is 0.746. The fourth-order valence-corrected chi connectivity index (χ4v) is 3.46. The van der Waals surface area contributed by atoms with Crippen LogP contribution in [0.2, 0.25) is 0 Å². The molecule has 0 aromatic heterocycles. The minimum absolute atomic E-state index is 0.166. The number of carbonyl (C=O) groups is 1. The second kappa shape index (κ2) is 5.57. The molecule has 0 spiro atoms. The summed E-state index contributed by atoms with van der Waals surface area (Å²) in [6.07, 6.45) is 3.47. The predicted octanol–water partition coefficient (Wildman–Crippen LogP) is 4.62. The average Bonchev–Trinajstić information content (AvgIpc) is 2.47. The van der Waals surface area contributed by atoms with E-state index in [1.807, 2.05) is 35.2 Å². The summed E-state index contributed by atoms with van der Waals surface area (Å²) in [7, 11) is 0. The first-order valence-corrected chi connectivity index (χ1v) is 7.95. The van der Waals surface area contributed by atoms with Crippen LogP contribution < -0.4 is 0 Å². The van der Waals surface area contributed by atoms with Gasteiger partial charge in [0.2, 0.25) is 0 Å². The van der Waals surface area contributed by atoms with Crippen LogP contribution in [0.3, 0.4) is 0 Å². The molecule has 0 aliphatic carbocycles. The molecule has 1 atom stereocenters. The molecule has 0 bridgehead atoms. The fraction of sp³-hybridized carbons (Fsp3) is 0.353. The molecule has 3 heteroatoms. The van der Waals surface area contributed by atoms with E-state index in [4.69, 9.17) is 0 Å². The van der Waals surface area contributed by atoms with Gasteiger partial charge in [0.05, 0.1) is 0 Å². The molecule has 0 N–H and O–H groups in total. The van der Waals surface area contributed by atoms with Crippen LogP contribution in [0.5, 0.6) is 0 Å². The van der Waals surface area contributed by atoms with Crippen molar-refractivity contribution in [2.24, 2.45) is 0 Å². The molecule has 1 heterocycles. The summed E-state index contributed by atoms with van der Waals surface area (Å²) < 4.78 is 1.07. The Morgan fingerprint density at radius 1 is 1.25 bits per heavy atom. The minimum atomic E-state index is 0.166. The Balaban J connectivity index is 1.95. The highest BCUT2D eigenvalue weighted by atomic mass is 79.9. The van der Waals surface area contributed by atoms with Gasteiger partial charge in [0.15, 0.2) is 0 Å². The van der Waals surface area contributed by atoms with Gasteiger partial charge in [-0.15, -0.1) is 0 Å². The first-order chi connectivity index (χ1) is 9.66. The Kier molecular flexibility index (Phi) is 3.79. The van der Waals surface area contributed by atoms with Crippen LogP contribution >= 0.6 is 15.9 Å². The third-order valence-electron chi connectivity index (χ3n) is 4.14. The zero-order chi connectivity index (χ0) is 14.1. The first kappa shape index (κ1) is 13.6. The molecule has 1 amide bonds. The van der Waals surface area contributed by atoms with E-state index in [1.54, 1.807) is 0 Å². The standard InChI is InChI=1S/C17H18BrNO/c1-12-5-2-3-10-19(12)17(20)14-8-9-15-13(11-14)6-4-7-16(15)18/h4,6-9,11-12H,2-3,5,10H2,1H3. The Hall–Kier alpha value is -1.35. The van der Waals surface area contributed by atoms with Gasteiger partial charge in [-0.1, -0.05) is 34.1 Å². The summed E-state index contributed by atoms with van der Waals surface area (Å²) in [4.78, 5) is 14.7. The van der Waals surface area contributed by atoms with Crippen molar-refractivity contribution < 1.29 is 4.79 Å². The van der Waals surface area contributed by atoms with Gasteiger partial charge >= 0.3 is 0 Å². The third-order valence-corrected chi connectivity index (χ3v) is 4.83. The van der Waals surface area contributed by atoms with Gasteiger partial charge in [-0.25, -0.2) is 0 Å². The van der Waals surface area contributed by atoms with Crippen LogP contribution in [0.25, 0.3) is 10.8 Å². The van der Waals surface area contributed by atoms with Gasteiger partial charge < -0.3 is 4.90 Å². The Labute approximate surface area is 127 Å². The highest BCUT2D eigenvalue weighted by molar-refractivity contribution is 9.10. The fourth-order valence-electron chi connectivity index (χ4n) is 2.94. The van der Waals surface area contributed by atoms with Gasteiger partial charge in [-0.3, -0.25) is 4.79 Å². The second-order valence-electron chi connectivity index (χ2n) is 5.52. The van der Waals surface area contributed by atoms with Crippen LogP contribution in [0, 0.1) is 0 Å². The van der Waals surface area contributed by atoms with Crippen molar-refractivity contribution in [3.05, 3.63) is 46.4 Å². The van der Waals surface area contributed by atoms with Crippen LogP contribution in [0.1, 0.15) is 36.5 Å². The summed E-state index contributed by atoms with van der Waals surface area (Å²) in [5.41, 5.74) is 0.796. The lowest BCUT2D eigenvalue weighted by Crippen LogP contribution is -2.42. The normalized spacial score (nSPS) is 19.3. The number of carbonyl (C=O) groups excluding carboxylic acids is 1. The maximum absolute atomic E-state index is 12.7. The number of rotatable bonds is 1.